The standard InChI is InChI=1S/C10H15NO3S/c1-3-14-10(12)11-6-9(13-2)8-4-5-15-7-8/h4-5,7,9H,3,6H2,1-2H3,(H,11,12)/t9-/m0/s1. The van der Waals surface area contributed by atoms with Gasteiger partial charge in [0.25, 0.3) is 0 Å². The fraction of sp³-hybridized carbons (Fsp3) is 0.500. The number of alkyl carbamates (subject to hydrolysis) is 1. The molecule has 0 aromatic carbocycles. The highest BCUT2D eigenvalue weighted by molar-refractivity contribution is 7.07. The minimum absolute atomic E-state index is 0.111. The number of amides is 1. The SMILES string of the molecule is CCOC(=O)NC[C@H](OC)c1ccsc1. The smallest absolute Gasteiger partial charge is 0.407 e. The molecule has 0 aliphatic carbocycles. The van der Waals surface area contributed by atoms with Crippen molar-refractivity contribution in [3.8, 4) is 0 Å². The summed E-state index contributed by atoms with van der Waals surface area (Å²) in [6, 6.07) is 1.98. The lowest BCUT2D eigenvalue weighted by Gasteiger charge is -2.14. The second-order valence-electron chi connectivity index (χ2n) is 2.88. The Labute approximate surface area is 93.2 Å². The molecule has 1 aromatic rings. The van der Waals surface area contributed by atoms with E-state index in [2.05, 4.69) is 5.32 Å². The van der Waals surface area contributed by atoms with Crippen molar-refractivity contribution in [2.45, 2.75) is 13.0 Å². The van der Waals surface area contributed by atoms with E-state index in [1.165, 1.54) is 0 Å². The average molecular weight is 229 g/mol. The average Bonchev–Trinajstić information content (AvgIpc) is 2.72. The van der Waals surface area contributed by atoms with Gasteiger partial charge in [0.05, 0.1) is 13.2 Å². The molecule has 0 saturated carbocycles. The first kappa shape index (κ1) is 12.0. The summed E-state index contributed by atoms with van der Waals surface area (Å²) < 4.78 is 10.0. The van der Waals surface area contributed by atoms with Gasteiger partial charge in [-0.3, -0.25) is 0 Å². The van der Waals surface area contributed by atoms with Crippen molar-refractivity contribution >= 4 is 17.4 Å². The number of rotatable bonds is 5. The number of thiophene rings is 1. The van der Waals surface area contributed by atoms with E-state index in [0.717, 1.165) is 5.56 Å². The van der Waals surface area contributed by atoms with E-state index in [1.54, 1.807) is 25.4 Å². The summed E-state index contributed by atoms with van der Waals surface area (Å²) >= 11 is 1.60. The lowest BCUT2D eigenvalue weighted by atomic mass is 10.2. The minimum Gasteiger partial charge on any atom is -0.450 e. The van der Waals surface area contributed by atoms with Crippen LogP contribution in [0.1, 0.15) is 18.6 Å². The molecule has 0 unspecified atom stereocenters. The molecule has 0 fully saturated rings. The van der Waals surface area contributed by atoms with Crippen LogP contribution in [-0.2, 0) is 9.47 Å². The van der Waals surface area contributed by atoms with Crippen LogP contribution in [0.4, 0.5) is 4.79 Å². The molecule has 0 radical (unpaired) electrons. The van der Waals surface area contributed by atoms with Gasteiger partial charge in [-0.1, -0.05) is 0 Å². The van der Waals surface area contributed by atoms with Crippen molar-refractivity contribution in [2.24, 2.45) is 0 Å². The second-order valence-corrected chi connectivity index (χ2v) is 3.66. The zero-order chi connectivity index (χ0) is 11.1. The number of carbonyl (C=O) groups is 1. The summed E-state index contributed by atoms with van der Waals surface area (Å²) in [6.07, 6.45) is -0.518. The number of nitrogens with one attached hydrogen (secondary N) is 1. The van der Waals surface area contributed by atoms with Crippen LogP contribution in [0.2, 0.25) is 0 Å². The van der Waals surface area contributed by atoms with Crippen LogP contribution in [-0.4, -0.2) is 26.4 Å². The van der Waals surface area contributed by atoms with Gasteiger partial charge in [0, 0.05) is 7.11 Å². The first-order chi connectivity index (χ1) is 7.27. The Balaban J connectivity index is 2.38. The van der Waals surface area contributed by atoms with E-state index in [0.29, 0.717) is 13.2 Å². The van der Waals surface area contributed by atoms with Crippen LogP contribution in [0.3, 0.4) is 0 Å². The van der Waals surface area contributed by atoms with Crippen LogP contribution in [0.15, 0.2) is 16.8 Å². The number of carbonyl (C=O) groups excluding carboxylic acids is 1. The summed E-state index contributed by atoms with van der Waals surface area (Å²) in [5, 5.41) is 6.62. The minimum atomic E-state index is -0.408. The van der Waals surface area contributed by atoms with Gasteiger partial charge in [-0.15, -0.1) is 0 Å². The van der Waals surface area contributed by atoms with Crippen LogP contribution in [0, 0.1) is 0 Å². The molecule has 84 valence electrons. The summed E-state index contributed by atoms with van der Waals surface area (Å²) in [7, 11) is 1.62. The molecular formula is C10H15NO3S. The molecule has 1 N–H and O–H groups in total. The van der Waals surface area contributed by atoms with E-state index in [9.17, 15) is 4.79 Å². The third-order valence-corrected chi connectivity index (χ3v) is 2.61. The zero-order valence-electron chi connectivity index (χ0n) is 8.86. The Kier molecular flexibility index (Phi) is 5.14. The van der Waals surface area contributed by atoms with Crippen molar-refractivity contribution in [2.75, 3.05) is 20.3 Å². The molecule has 0 saturated heterocycles. The predicted octanol–water partition coefficient (Wildman–Crippen LogP) is 2.18. The highest BCUT2D eigenvalue weighted by atomic mass is 32.1. The summed E-state index contributed by atoms with van der Waals surface area (Å²) in [6.45, 7) is 2.57. The van der Waals surface area contributed by atoms with Crippen LogP contribution in [0.5, 0.6) is 0 Å². The molecule has 1 amide bonds. The second kappa shape index (κ2) is 6.42. The zero-order valence-corrected chi connectivity index (χ0v) is 9.67. The molecule has 0 spiro atoms. The number of hydrogen-bond acceptors (Lipinski definition) is 4. The Morgan fingerprint density at radius 1 is 1.67 bits per heavy atom. The summed E-state index contributed by atoms with van der Waals surface area (Å²) in [5.74, 6) is 0. The van der Waals surface area contributed by atoms with Crippen LogP contribution in [0.25, 0.3) is 0 Å². The maximum absolute atomic E-state index is 11.0. The number of methoxy groups -OCH3 is 1. The molecule has 0 aliphatic heterocycles. The Morgan fingerprint density at radius 3 is 3.00 bits per heavy atom. The highest BCUT2D eigenvalue weighted by Crippen LogP contribution is 2.18. The first-order valence-electron chi connectivity index (χ1n) is 4.73. The van der Waals surface area contributed by atoms with Crippen molar-refractivity contribution in [1.29, 1.82) is 0 Å². The molecule has 0 bridgehead atoms. The normalized spacial score (nSPS) is 12.1. The maximum Gasteiger partial charge on any atom is 0.407 e. The third kappa shape index (κ3) is 3.89. The quantitative estimate of drug-likeness (QED) is 0.841. The van der Waals surface area contributed by atoms with Crippen molar-refractivity contribution in [3.05, 3.63) is 22.4 Å². The van der Waals surface area contributed by atoms with E-state index in [-0.39, 0.29) is 6.10 Å². The van der Waals surface area contributed by atoms with E-state index in [4.69, 9.17) is 9.47 Å². The van der Waals surface area contributed by atoms with Crippen molar-refractivity contribution in [1.82, 2.24) is 5.32 Å². The topological polar surface area (TPSA) is 47.6 Å². The maximum atomic E-state index is 11.0. The van der Waals surface area contributed by atoms with Crippen LogP contribution >= 0.6 is 11.3 Å². The van der Waals surface area contributed by atoms with Gasteiger partial charge in [-0.2, -0.15) is 11.3 Å². The molecule has 0 aliphatic rings. The summed E-state index contributed by atoms with van der Waals surface area (Å²) in [5.41, 5.74) is 1.07. The van der Waals surface area contributed by atoms with E-state index in [1.807, 2.05) is 16.8 Å². The number of ether oxygens (including phenoxy) is 2. The Bertz CT molecular complexity index is 287. The highest BCUT2D eigenvalue weighted by Gasteiger charge is 2.12. The molecule has 5 heteroatoms. The molecule has 1 aromatic heterocycles. The number of hydrogen-bond donors (Lipinski definition) is 1. The van der Waals surface area contributed by atoms with E-state index >= 15 is 0 Å². The molecule has 1 rings (SSSR count). The lowest BCUT2D eigenvalue weighted by Crippen LogP contribution is -2.29. The van der Waals surface area contributed by atoms with Crippen LogP contribution < -0.4 is 5.32 Å². The van der Waals surface area contributed by atoms with Gasteiger partial charge in [0.15, 0.2) is 0 Å². The third-order valence-electron chi connectivity index (χ3n) is 1.91. The fourth-order valence-corrected chi connectivity index (χ4v) is 1.86. The van der Waals surface area contributed by atoms with Gasteiger partial charge in [0.2, 0.25) is 0 Å². The predicted molar refractivity (Wildman–Crippen MR) is 59.1 cm³/mol. The lowest BCUT2D eigenvalue weighted by molar-refractivity contribution is 0.0959. The molecule has 1 atom stereocenters. The van der Waals surface area contributed by atoms with Gasteiger partial charge in [-0.25, -0.2) is 4.79 Å². The Hall–Kier alpha value is -1.07. The van der Waals surface area contributed by atoms with Gasteiger partial charge >= 0.3 is 6.09 Å². The molecule has 4 nitrogen and oxygen atoms in total. The Morgan fingerprint density at radius 2 is 2.47 bits per heavy atom. The molecule has 15 heavy (non-hydrogen) atoms. The van der Waals surface area contributed by atoms with Gasteiger partial charge < -0.3 is 14.8 Å². The molecule has 1 heterocycles. The van der Waals surface area contributed by atoms with Crippen molar-refractivity contribution < 1.29 is 14.3 Å². The molecular weight excluding hydrogens is 214 g/mol. The van der Waals surface area contributed by atoms with Crippen molar-refractivity contribution in [3.63, 3.8) is 0 Å². The largest absolute Gasteiger partial charge is 0.450 e. The summed E-state index contributed by atoms with van der Waals surface area (Å²) in [4.78, 5) is 11.0. The van der Waals surface area contributed by atoms with Gasteiger partial charge in [0.1, 0.15) is 6.10 Å². The van der Waals surface area contributed by atoms with E-state index < -0.39 is 6.09 Å². The fourth-order valence-electron chi connectivity index (χ4n) is 1.15. The van der Waals surface area contributed by atoms with Gasteiger partial charge in [-0.05, 0) is 29.3 Å². The monoisotopic (exact) mass is 229 g/mol. The first-order valence-corrected chi connectivity index (χ1v) is 5.67.